The Balaban J connectivity index is 1.62. The van der Waals surface area contributed by atoms with Crippen LogP contribution in [0.3, 0.4) is 0 Å². The van der Waals surface area contributed by atoms with Crippen LogP contribution in [0.2, 0.25) is 10.0 Å². The highest BCUT2D eigenvalue weighted by Gasteiger charge is 2.09. The third-order valence-corrected chi connectivity index (χ3v) is 3.95. The molecule has 0 saturated heterocycles. The van der Waals surface area contributed by atoms with Crippen LogP contribution in [0.4, 0.5) is 4.39 Å². The summed E-state index contributed by atoms with van der Waals surface area (Å²) < 4.78 is 18.6. The lowest BCUT2D eigenvalue weighted by Gasteiger charge is -2.04. The first-order valence-corrected chi connectivity index (χ1v) is 7.87. The van der Waals surface area contributed by atoms with Crippen molar-refractivity contribution in [1.82, 2.24) is 5.32 Å². The average Bonchev–Trinajstić information content (AvgIpc) is 2.98. The first kappa shape index (κ1) is 16.1. The first-order chi connectivity index (χ1) is 11.1. The van der Waals surface area contributed by atoms with Crippen LogP contribution >= 0.6 is 23.2 Å². The average molecular weight is 350 g/mol. The van der Waals surface area contributed by atoms with Gasteiger partial charge in [0.05, 0.1) is 11.6 Å². The number of nitrogens with one attached hydrogen (secondary N) is 1. The highest BCUT2D eigenvalue weighted by molar-refractivity contribution is 6.36. The van der Waals surface area contributed by atoms with Gasteiger partial charge in [-0.15, -0.1) is 0 Å². The molecule has 0 spiro atoms. The summed E-state index contributed by atoms with van der Waals surface area (Å²) in [4.78, 5) is 0. The number of hydrogen-bond donors (Lipinski definition) is 1. The van der Waals surface area contributed by atoms with Crippen LogP contribution in [-0.4, -0.2) is 0 Å². The van der Waals surface area contributed by atoms with Gasteiger partial charge < -0.3 is 9.73 Å². The van der Waals surface area contributed by atoms with Gasteiger partial charge in [-0.1, -0.05) is 35.3 Å². The molecule has 118 valence electrons. The van der Waals surface area contributed by atoms with E-state index in [0.717, 1.165) is 16.9 Å². The van der Waals surface area contributed by atoms with E-state index in [4.69, 9.17) is 27.6 Å². The Kier molecular flexibility index (Phi) is 5.01. The summed E-state index contributed by atoms with van der Waals surface area (Å²) in [6.07, 6.45) is 0. The second-order valence-corrected chi connectivity index (χ2v) is 5.96. The molecule has 3 aromatic rings. The van der Waals surface area contributed by atoms with Gasteiger partial charge in [-0.2, -0.15) is 0 Å². The monoisotopic (exact) mass is 349 g/mol. The predicted octanol–water partition coefficient (Wildman–Crippen LogP) is 5.68. The van der Waals surface area contributed by atoms with Gasteiger partial charge in [-0.05, 0) is 48.0 Å². The Morgan fingerprint density at radius 1 is 0.913 bits per heavy atom. The standard InChI is InChI=1S/C18H14Cl2FNO/c19-13-3-7-16(17(20)9-13)18-8-6-15(23-18)11-22-10-12-1-4-14(21)5-2-12/h1-9,22H,10-11H2. The summed E-state index contributed by atoms with van der Waals surface area (Å²) in [6.45, 7) is 1.21. The summed E-state index contributed by atoms with van der Waals surface area (Å²) in [6, 6.07) is 15.5. The molecule has 1 aromatic heterocycles. The molecule has 0 atom stereocenters. The maximum Gasteiger partial charge on any atom is 0.135 e. The van der Waals surface area contributed by atoms with Crippen molar-refractivity contribution in [3.8, 4) is 11.3 Å². The Morgan fingerprint density at radius 3 is 2.43 bits per heavy atom. The quantitative estimate of drug-likeness (QED) is 0.640. The molecule has 2 nitrogen and oxygen atoms in total. The van der Waals surface area contributed by atoms with Crippen molar-refractivity contribution in [3.05, 3.63) is 81.8 Å². The van der Waals surface area contributed by atoms with Crippen molar-refractivity contribution in [2.75, 3.05) is 0 Å². The Bertz CT molecular complexity index is 799. The van der Waals surface area contributed by atoms with Crippen LogP contribution in [0.25, 0.3) is 11.3 Å². The van der Waals surface area contributed by atoms with E-state index in [-0.39, 0.29) is 5.82 Å². The molecule has 0 saturated carbocycles. The van der Waals surface area contributed by atoms with Crippen molar-refractivity contribution in [2.24, 2.45) is 0 Å². The second-order valence-electron chi connectivity index (χ2n) is 5.12. The minimum Gasteiger partial charge on any atom is -0.460 e. The van der Waals surface area contributed by atoms with Gasteiger partial charge >= 0.3 is 0 Å². The van der Waals surface area contributed by atoms with Gasteiger partial charge in [0.15, 0.2) is 0 Å². The van der Waals surface area contributed by atoms with Crippen molar-refractivity contribution in [1.29, 1.82) is 0 Å². The van der Waals surface area contributed by atoms with Crippen LogP contribution in [0, 0.1) is 5.82 Å². The lowest BCUT2D eigenvalue weighted by atomic mass is 10.2. The molecule has 0 bridgehead atoms. The fraction of sp³-hybridized carbons (Fsp3) is 0.111. The first-order valence-electron chi connectivity index (χ1n) is 7.11. The summed E-state index contributed by atoms with van der Waals surface area (Å²) >= 11 is 12.1. The highest BCUT2D eigenvalue weighted by atomic mass is 35.5. The zero-order valence-corrected chi connectivity index (χ0v) is 13.7. The highest BCUT2D eigenvalue weighted by Crippen LogP contribution is 2.31. The van der Waals surface area contributed by atoms with Gasteiger partial charge in [0.1, 0.15) is 17.3 Å². The van der Waals surface area contributed by atoms with Gasteiger partial charge in [-0.25, -0.2) is 4.39 Å². The van der Waals surface area contributed by atoms with E-state index in [1.807, 2.05) is 18.2 Å². The van der Waals surface area contributed by atoms with Crippen LogP contribution in [0.15, 0.2) is 59.0 Å². The van der Waals surface area contributed by atoms with Crippen LogP contribution < -0.4 is 5.32 Å². The normalized spacial score (nSPS) is 10.9. The molecule has 0 fully saturated rings. The maximum atomic E-state index is 12.8. The van der Waals surface area contributed by atoms with Gasteiger partial charge in [-0.3, -0.25) is 0 Å². The fourth-order valence-electron chi connectivity index (χ4n) is 2.24. The number of hydrogen-bond acceptors (Lipinski definition) is 2. The van der Waals surface area contributed by atoms with Crippen molar-refractivity contribution in [3.63, 3.8) is 0 Å². The zero-order chi connectivity index (χ0) is 16.2. The molecule has 0 unspecified atom stereocenters. The molecule has 5 heteroatoms. The van der Waals surface area contributed by atoms with E-state index in [1.54, 1.807) is 24.3 Å². The smallest absolute Gasteiger partial charge is 0.135 e. The number of benzene rings is 2. The molecule has 0 radical (unpaired) electrons. The molecule has 23 heavy (non-hydrogen) atoms. The third kappa shape index (κ3) is 4.14. The van der Waals surface area contributed by atoms with Gasteiger partial charge in [0, 0.05) is 17.1 Å². The predicted molar refractivity (Wildman–Crippen MR) is 91.1 cm³/mol. The molecule has 1 N–H and O–H groups in total. The fourth-order valence-corrected chi connectivity index (χ4v) is 2.74. The minimum absolute atomic E-state index is 0.232. The van der Waals surface area contributed by atoms with Crippen molar-refractivity contribution >= 4 is 23.2 Å². The molecular weight excluding hydrogens is 336 g/mol. The third-order valence-electron chi connectivity index (χ3n) is 3.40. The molecule has 2 aromatic carbocycles. The maximum absolute atomic E-state index is 12.8. The van der Waals surface area contributed by atoms with Crippen molar-refractivity contribution < 1.29 is 8.81 Å². The number of halogens is 3. The van der Waals surface area contributed by atoms with E-state index in [9.17, 15) is 4.39 Å². The summed E-state index contributed by atoms with van der Waals surface area (Å²) in [5.41, 5.74) is 1.82. The van der Waals surface area contributed by atoms with E-state index >= 15 is 0 Å². The van der Waals surface area contributed by atoms with E-state index in [2.05, 4.69) is 5.32 Å². The van der Waals surface area contributed by atoms with Crippen LogP contribution in [-0.2, 0) is 13.1 Å². The summed E-state index contributed by atoms with van der Waals surface area (Å²) in [5.74, 6) is 1.27. The Labute approximate surface area is 143 Å². The van der Waals surface area contributed by atoms with Gasteiger partial charge in [0.25, 0.3) is 0 Å². The van der Waals surface area contributed by atoms with E-state index < -0.39 is 0 Å². The lowest BCUT2D eigenvalue weighted by Crippen LogP contribution is -2.11. The zero-order valence-electron chi connectivity index (χ0n) is 12.2. The summed E-state index contributed by atoms with van der Waals surface area (Å²) in [5, 5.41) is 4.40. The molecule has 0 aliphatic rings. The Morgan fingerprint density at radius 2 is 1.70 bits per heavy atom. The number of rotatable bonds is 5. The van der Waals surface area contributed by atoms with Crippen molar-refractivity contribution in [2.45, 2.75) is 13.1 Å². The molecule has 0 amide bonds. The van der Waals surface area contributed by atoms with Crippen LogP contribution in [0.1, 0.15) is 11.3 Å². The molecule has 0 aliphatic carbocycles. The van der Waals surface area contributed by atoms with Gasteiger partial charge in [0.2, 0.25) is 0 Å². The van der Waals surface area contributed by atoms with E-state index in [0.29, 0.717) is 28.9 Å². The molecular formula is C18H14Cl2FNO. The topological polar surface area (TPSA) is 25.2 Å². The summed E-state index contributed by atoms with van der Waals surface area (Å²) in [7, 11) is 0. The van der Waals surface area contributed by atoms with E-state index in [1.165, 1.54) is 12.1 Å². The SMILES string of the molecule is Fc1ccc(CNCc2ccc(-c3ccc(Cl)cc3Cl)o2)cc1. The molecule has 3 rings (SSSR count). The molecule has 0 aliphatic heterocycles. The minimum atomic E-state index is -0.232. The second kappa shape index (κ2) is 7.18. The number of furan rings is 1. The molecule has 1 heterocycles. The Hall–Kier alpha value is -1.81. The largest absolute Gasteiger partial charge is 0.460 e. The van der Waals surface area contributed by atoms with Crippen LogP contribution in [0.5, 0.6) is 0 Å². The lowest BCUT2D eigenvalue weighted by molar-refractivity contribution is 0.493.